The van der Waals surface area contributed by atoms with Crippen molar-refractivity contribution < 1.29 is 14.3 Å². The molecule has 2 amide bonds. The minimum atomic E-state index is -0.233. The van der Waals surface area contributed by atoms with Crippen molar-refractivity contribution in [3.63, 3.8) is 0 Å². The molecule has 1 aliphatic rings. The number of hydrogen-bond acceptors (Lipinski definition) is 5. The van der Waals surface area contributed by atoms with Crippen molar-refractivity contribution in [2.75, 3.05) is 25.5 Å². The third-order valence-electron chi connectivity index (χ3n) is 4.48. The molecule has 1 aliphatic heterocycles. The van der Waals surface area contributed by atoms with Crippen LogP contribution >= 0.6 is 11.3 Å². The maximum absolute atomic E-state index is 12.9. The van der Waals surface area contributed by atoms with Crippen LogP contribution < -0.4 is 10.1 Å². The lowest BCUT2D eigenvalue weighted by Crippen LogP contribution is -2.43. The standard InChI is InChI=1S/C19H23N3O3S/c1-12-6-7-16(20-10-12)21-18(23)14-5-4-8-22(11-14)19(24)17-15(25-3)9-13(2)26-17/h6-7,9-10,14H,4-5,8,11H2,1-3H3,(H,20,21,23)/t14-/m1/s1. The molecule has 1 N–H and O–H groups in total. The fourth-order valence-corrected chi connectivity index (χ4v) is 4.03. The van der Waals surface area contributed by atoms with E-state index in [9.17, 15) is 9.59 Å². The number of pyridine rings is 1. The van der Waals surface area contributed by atoms with Crippen LogP contribution in [0, 0.1) is 19.8 Å². The summed E-state index contributed by atoms with van der Waals surface area (Å²) in [6.07, 6.45) is 3.29. The van der Waals surface area contributed by atoms with Gasteiger partial charge in [0.2, 0.25) is 5.91 Å². The highest BCUT2D eigenvalue weighted by molar-refractivity contribution is 7.14. The molecule has 0 unspecified atom stereocenters. The molecule has 138 valence electrons. The normalized spacial score (nSPS) is 17.0. The van der Waals surface area contributed by atoms with Gasteiger partial charge in [0, 0.05) is 24.2 Å². The molecule has 7 heteroatoms. The zero-order valence-electron chi connectivity index (χ0n) is 15.2. The predicted molar refractivity (Wildman–Crippen MR) is 102 cm³/mol. The largest absolute Gasteiger partial charge is 0.495 e. The van der Waals surface area contributed by atoms with Crippen LogP contribution in [-0.4, -0.2) is 41.9 Å². The van der Waals surface area contributed by atoms with Gasteiger partial charge in [-0.3, -0.25) is 9.59 Å². The van der Waals surface area contributed by atoms with Crippen LogP contribution in [0.5, 0.6) is 5.75 Å². The Bertz CT molecular complexity index is 801. The Labute approximate surface area is 157 Å². The number of aromatic nitrogens is 1. The number of methoxy groups -OCH3 is 1. The zero-order chi connectivity index (χ0) is 18.7. The molecule has 3 heterocycles. The molecule has 0 bridgehead atoms. The summed E-state index contributed by atoms with van der Waals surface area (Å²) in [5, 5.41) is 2.85. The van der Waals surface area contributed by atoms with E-state index < -0.39 is 0 Å². The fraction of sp³-hybridized carbons (Fsp3) is 0.421. The second-order valence-electron chi connectivity index (χ2n) is 6.55. The van der Waals surface area contributed by atoms with E-state index in [1.807, 2.05) is 26.0 Å². The molecule has 2 aromatic rings. The highest BCUT2D eigenvalue weighted by Crippen LogP contribution is 2.31. The molecular formula is C19H23N3O3S. The first kappa shape index (κ1) is 18.4. The van der Waals surface area contributed by atoms with Crippen molar-refractivity contribution in [2.24, 2.45) is 5.92 Å². The molecule has 26 heavy (non-hydrogen) atoms. The molecule has 6 nitrogen and oxygen atoms in total. The average molecular weight is 373 g/mol. The Balaban J connectivity index is 1.67. The Morgan fingerprint density at radius 1 is 1.35 bits per heavy atom. The number of carbonyl (C=O) groups excluding carboxylic acids is 2. The molecule has 0 aromatic carbocycles. The van der Waals surface area contributed by atoms with Crippen molar-refractivity contribution in [1.82, 2.24) is 9.88 Å². The number of thiophene rings is 1. The third kappa shape index (κ3) is 4.04. The minimum absolute atomic E-state index is 0.0640. The maximum Gasteiger partial charge on any atom is 0.267 e. The van der Waals surface area contributed by atoms with E-state index in [-0.39, 0.29) is 17.7 Å². The van der Waals surface area contributed by atoms with Gasteiger partial charge in [0.25, 0.3) is 5.91 Å². The molecule has 3 rings (SSSR count). The number of hydrogen-bond donors (Lipinski definition) is 1. The third-order valence-corrected chi connectivity index (χ3v) is 5.50. The molecular weight excluding hydrogens is 350 g/mol. The Morgan fingerprint density at radius 3 is 2.85 bits per heavy atom. The highest BCUT2D eigenvalue weighted by Gasteiger charge is 2.31. The molecule has 0 radical (unpaired) electrons. The smallest absolute Gasteiger partial charge is 0.267 e. The van der Waals surface area contributed by atoms with Gasteiger partial charge in [-0.05, 0) is 44.4 Å². The summed E-state index contributed by atoms with van der Waals surface area (Å²) in [6, 6.07) is 5.57. The SMILES string of the molecule is COc1cc(C)sc1C(=O)N1CCC[C@@H](C(=O)Nc2ccc(C)cn2)C1. The van der Waals surface area contributed by atoms with Gasteiger partial charge in [0.1, 0.15) is 16.4 Å². The van der Waals surface area contributed by atoms with Crippen LogP contribution in [0.4, 0.5) is 5.82 Å². The second kappa shape index (κ2) is 7.86. The fourth-order valence-electron chi connectivity index (χ4n) is 3.08. The van der Waals surface area contributed by atoms with E-state index in [0.29, 0.717) is 29.5 Å². The number of piperidine rings is 1. The average Bonchev–Trinajstić information content (AvgIpc) is 3.04. The minimum Gasteiger partial charge on any atom is -0.495 e. The summed E-state index contributed by atoms with van der Waals surface area (Å²) >= 11 is 1.43. The summed E-state index contributed by atoms with van der Waals surface area (Å²) in [5.41, 5.74) is 1.04. The molecule has 0 aliphatic carbocycles. The van der Waals surface area contributed by atoms with Crippen LogP contribution in [0.15, 0.2) is 24.4 Å². The van der Waals surface area contributed by atoms with Crippen LogP contribution in [0.25, 0.3) is 0 Å². The van der Waals surface area contributed by atoms with Crippen LogP contribution in [0.3, 0.4) is 0 Å². The van der Waals surface area contributed by atoms with E-state index >= 15 is 0 Å². The lowest BCUT2D eigenvalue weighted by Gasteiger charge is -2.31. The molecule has 1 saturated heterocycles. The maximum atomic E-state index is 12.9. The van der Waals surface area contributed by atoms with Gasteiger partial charge in [-0.1, -0.05) is 6.07 Å². The number of aryl methyl sites for hydroxylation is 2. The van der Waals surface area contributed by atoms with Crippen LogP contribution in [0.2, 0.25) is 0 Å². The molecule has 0 saturated carbocycles. The van der Waals surface area contributed by atoms with Crippen molar-refractivity contribution >= 4 is 29.0 Å². The van der Waals surface area contributed by atoms with Gasteiger partial charge in [-0.25, -0.2) is 4.98 Å². The number of nitrogens with zero attached hydrogens (tertiary/aromatic N) is 2. The number of likely N-dealkylation sites (tertiary alicyclic amines) is 1. The monoisotopic (exact) mass is 373 g/mol. The molecule has 2 aromatic heterocycles. The molecule has 1 fully saturated rings. The summed E-state index contributed by atoms with van der Waals surface area (Å²) in [5.74, 6) is 0.759. The first-order valence-electron chi connectivity index (χ1n) is 8.65. The first-order chi connectivity index (χ1) is 12.5. The Morgan fingerprint density at radius 2 is 2.15 bits per heavy atom. The summed E-state index contributed by atoms with van der Waals surface area (Å²) in [4.78, 5) is 33.0. The number of rotatable bonds is 4. The van der Waals surface area contributed by atoms with Gasteiger partial charge in [0.05, 0.1) is 13.0 Å². The summed E-state index contributed by atoms with van der Waals surface area (Å²) in [7, 11) is 1.57. The first-order valence-corrected chi connectivity index (χ1v) is 9.47. The van der Waals surface area contributed by atoms with E-state index in [1.54, 1.807) is 24.3 Å². The Hall–Kier alpha value is -2.41. The van der Waals surface area contributed by atoms with Gasteiger partial charge in [-0.15, -0.1) is 11.3 Å². The number of amides is 2. The molecule has 1 atom stereocenters. The van der Waals surface area contributed by atoms with Crippen molar-refractivity contribution in [1.29, 1.82) is 0 Å². The number of carbonyl (C=O) groups is 2. The predicted octanol–water partition coefficient (Wildman–Crippen LogP) is 3.26. The van der Waals surface area contributed by atoms with Gasteiger partial charge < -0.3 is 15.0 Å². The van der Waals surface area contributed by atoms with Crippen molar-refractivity contribution in [2.45, 2.75) is 26.7 Å². The van der Waals surface area contributed by atoms with Crippen LogP contribution in [0.1, 0.15) is 33.0 Å². The van der Waals surface area contributed by atoms with E-state index in [0.717, 1.165) is 23.3 Å². The van der Waals surface area contributed by atoms with Crippen molar-refractivity contribution in [3.05, 3.63) is 39.7 Å². The van der Waals surface area contributed by atoms with E-state index in [4.69, 9.17) is 4.74 Å². The quantitative estimate of drug-likeness (QED) is 0.893. The lowest BCUT2D eigenvalue weighted by atomic mass is 9.97. The lowest BCUT2D eigenvalue weighted by molar-refractivity contribution is -0.121. The molecule has 0 spiro atoms. The van der Waals surface area contributed by atoms with Gasteiger partial charge >= 0.3 is 0 Å². The summed E-state index contributed by atoms with van der Waals surface area (Å²) in [6.45, 7) is 4.97. The number of ether oxygens (including phenoxy) is 1. The highest BCUT2D eigenvalue weighted by atomic mass is 32.1. The topological polar surface area (TPSA) is 71.5 Å². The van der Waals surface area contributed by atoms with E-state index in [2.05, 4.69) is 10.3 Å². The van der Waals surface area contributed by atoms with E-state index in [1.165, 1.54) is 11.3 Å². The summed E-state index contributed by atoms with van der Waals surface area (Å²) < 4.78 is 5.32. The Kier molecular flexibility index (Phi) is 5.56. The van der Waals surface area contributed by atoms with Crippen LogP contribution in [-0.2, 0) is 4.79 Å². The zero-order valence-corrected chi connectivity index (χ0v) is 16.1. The number of anilines is 1. The number of nitrogens with one attached hydrogen (secondary N) is 1. The van der Waals surface area contributed by atoms with Gasteiger partial charge in [-0.2, -0.15) is 0 Å². The second-order valence-corrected chi connectivity index (χ2v) is 7.81. The van der Waals surface area contributed by atoms with Crippen molar-refractivity contribution in [3.8, 4) is 5.75 Å². The van der Waals surface area contributed by atoms with Gasteiger partial charge in [0.15, 0.2) is 0 Å².